The molecule has 1 fully saturated rings. The van der Waals surface area contributed by atoms with Crippen LogP contribution in [-0.2, 0) is 0 Å². The van der Waals surface area contributed by atoms with Crippen LogP contribution in [0.5, 0.6) is 0 Å². The SMILES string of the molecule is CCNc1ccc(C2CCCCC2)nn1. The largest absolute Gasteiger partial charge is 0.369 e. The van der Waals surface area contributed by atoms with E-state index in [-0.39, 0.29) is 0 Å². The molecule has 0 aliphatic heterocycles. The van der Waals surface area contributed by atoms with Gasteiger partial charge in [0.2, 0.25) is 0 Å². The minimum atomic E-state index is 0.655. The van der Waals surface area contributed by atoms with Gasteiger partial charge in [-0.15, -0.1) is 5.10 Å². The molecule has 3 nitrogen and oxygen atoms in total. The molecule has 0 atom stereocenters. The Morgan fingerprint density at radius 1 is 1.20 bits per heavy atom. The first-order valence-electron chi connectivity index (χ1n) is 5.97. The second-order valence-electron chi connectivity index (χ2n) is 4.21. The number of nitrogens with zero attached hydrogens (tertiary/aromatic N) is 2. The normalized spacial score (nSPS) is 17.7. The summed E-state index contributed by atoms with van der Waals surface area (Å²) in [6, 6.07) is 4.17. The number of rotatable bonds is 3. The molecule has 1 aliphatic carbocycles. The van der Waals surface area contributed by atoms with Crippen LogP contribution in [0.15, 0.2) is 12.1 Å². The first kappa shape index (κ1) is 10.4. The zero-order chi connectivity index (χ0) is 10.5. The van der Waals surface area contributed by atoms with Gasteiger partial charge in [-0.1, -0.05) is 19.3 Å². The molecule has 1 aromatic heterocycles. The van der Waals surface area contributed by atoms with Crippen molar-refractivity contribution in [2.45, 2.75) is 44.9 Å². The zero-order valence-electron chi connectivity index (χ0n) is 9.37. The molecule has 1 N–H and O–H groups in total. The molecule has 3 heteroatoms. The highest BCUT2D eigenvalue weighted by atomic mass is 15.2. The van der Waals surface area contributed by atoms with Gasteiger partial charge in [-0.25, -0.2) is 0 Å². The van der Waals surface area contributed by atoms with Gasteiger partial charge < -0.3 is 5.32 Å². The number of hydrogen-bond acceptors (Lipinski definition) is 3. The average molecular weight is 205 g/mol. The topological polar surface area (TPSA) is 37.8 Å². The molecular weight excluding hydrogens is 186 g/mol. The second kappa shape index (κ2) is 5.10. The summed E-state index contributed by atoms with van der Waals surface area (Å²) in [6.45, 7) is 2.97. The molecule has 15 heavy (non-hydrogen) atoms. The molecule has 2 rings (SSSR count). The fourth-order valence-corrected chi connectivity index (χ4v) is 2.23. The molecular formula is C12H19N3. The molecule has 1 heterocycles. The van der Waals surface area contributed by atoms with E-state index in [4.69, 9.17) is 0 Å². The van der Waals surface area contributed by atoms with E-state index < -0.39 is 0 Å². The van der Waals surface area contributed by atoms with Crippen LogP contribution in [0.2, 0.25) is 0 Å². The predicted molar refractivity (Wildman–Crippen MR) is 62.0 cm³/mol. The van der Waals surface area contributed by atoms with Crippen LogP contribution in [0.3, 0.4) is 0 Å². The molecule has 0 spiro atoms. The van der Waals surface area contributed by atoms with E-state index in [1.807, 2.05) is 6.07 Å². The monoisotopic (exact) mass is 205 g/mol. The van der Waals surface area contributed by atoms with E-state index in [1.165, 1.54) is 37.8 Å². The van der Waals surface area contributed by atoms with Gasteiger partial charge in [-0.3, -0.25) is 0 Å². The first-order valence-corrected chi connectivity index (χ1v) is 5.97. The number of nitrogens with one attached hydrogen (secondary N) is 1. The minimum Gasteiger partial charge on any atom is -0.369 e. The third-order valence-electron chi connectivity index (χ3n) is 3.07. The highest BCUT2D eigenvalue weighted by Crippen LogP contribution is 2.31. The summed E-state index contributed by atoms with van der Waals surface area (Å²) < 4.78 is 0. The van der Waals surface area contributed by atoms with Crippen LogP contribution in [0.25, 0.3) is 0 Å². The minimum absolute atomic E-state index is 0.655. The number of aromatic nitrogens is 2. The summed E-state index contributed by atoms with van der Waals surface area (Å²) in [6.07, 6.45) is 6.66. The number of hydrogen-bond donors (Lipinski definition) is 1. The lowest BCUT2D eigenvalue weighted by Gasteiger charge is -2.20. The van der Waals surface area contributed by atoms with Crippen molar-refractivity contribution in [1.29, 1.82) is 0 Å². The first-order chi connectivity index (χ1) is 7.40. The van der Waals surface area contributed by atoms with Crippen LogP contribution >= 0.6 is 0 Å². The maximum Gasteiger partial charge on any atom is 0.148 e. The molecule has 0 bridgehead atoms. The maximum absolute atomic E-state index is 4.31. The lowest BCUT2D eigenvalue weighted by atomic mass is 9.87. The van der Waals surface area contributed by atoms with Crippen molar-refractivity contribution in [2.75, 3.05) is 11.9 Å². The van der Waals surface area contributed by atoms with Crippen molar-refractivity contribution < 1.29 is 0 Å². The summed E-state index contributed by atoms with van der Waals surface area (Å²) in [7, 11) is 0. The lowest BCUT2D eigenvalue weighted by molar-refractivity contribution is 0.434. The Morgan fingerprint density at radius 2 is 2.00 bits per heavy atom. The van der Waals surface area contributed by atoms with Gasteiger partial charge in [0.1, 0.15) is 5.82 Å². The average Bonchev–Trinajstić information content (AvgIpc) is 2.32. The van der Waals surface area contributed by atoms with Crippen molar-refractivity contribution in [2.24, 2.45) is 0 Å². The van der Waals surface area contributed by atoms with Crippen LogP contribution in [0.4, 0.5) is 5.82 Å². The van der Waals surface area contributed by atoms with Crippen LogP contribution in [-0.4, -0.2) is 16.7 Å². The van der Waals surface area contributed by atoms with Gasteiger partial charge in [0.25, 0.3) is 0 Å². The van der Waals surface area contributed by atoms with Crippen LogP contribution < -0.4 is 5.32 Å². The van der Waals surface area contributed by atoms with Gasteiger partial charge in [0, 0.05) is 12.5 Å². The van der Waals surface area contributed by atoms with Crippen molar-refractivity contribution >= 4 is 5.82 Å². The highest BCUT2D eigenvalue weighted by Gasteiger charge is 2.16. The third-order valence-corrected chi connectivity index (χ3v) is 3.07. The summed E-state index contributed by atoms with van der Waals surface area (Å²) in [5.41, 5.74) is 1.18. The standard InChI is InChI=1S/C12H19N3/c1-2-13-12-9-8-11(14-15-12)10-6-4-3-5-7-10/h8-10H,2-7H2,1H3,(H,13,15). The van der Waals surface area contributed by atoms with Gasteiger partial charge in [0.15, 0.2) is 0 Å². The molecule has 0 aromatic carbocycles. The summed E-state index contributed by atoms with van der Waals surface area (Å²) in [5.74, 6) is 1.54. The molecule has 0 saturated heterocycles. The Balaban J connectivity index is 2.02. The second-order valence-corrected chi connectivity index (χ2v) is 4.21. The van der Waals surface area contributed by atoms with Crippen molar-refractivity contribution in [3.8, 4) is 0 Å². The molecule has 1 aromatic rings. The van der Waals surface area contributed by atoms with E-state index in [1.54, 1.807) is 0 Å². The van der Waals surface area contributed by atoms with E-state index in [2.05, 4.69) is 28.5 Å². The Labute approximate surface area is 91.3 Å². The molecule has 82 valence electrons. The molecule has 0 unspecified atom stereocenters. The molecule has 1 saturated carbocycles. The van der Waals surface area contributed by atoms with Crippen LogP contribution in [0.1, 0.15) is 50.6 Å². The van der Waals surface area contributed by atoms with E-state index in [9.17, 15) is 0 Å². The van der Waals surface area contributed by atoms with Gasteiger partial charge in [-0.2, -0.15) is 5.10 Å². The van der Waals surface area contributed by atoms with Crippen molar-refractivity contribution in [3.05, 3.63) is 17.8 Å². The van der Waals surface area contributed by atoms with E-state index in [0.29, 0.717) is 5.92 Å². The third kappa shape index (κ3) is 2.67. The zero-order valence-corrected chi connectivity index (χ0v) is 9.37. The fourth-order valence-electron chi connectivity index (χ4n) is 2.23. The van der Waals surface area contributed by atoms with E-state index >= 15 is 0 Å². The van der Waals surface area contributed by atoms with Crippen molar-refractivity contribution in [1.82, 2.24) is 10.2 Å². The van der Waals surface area contributed by atoms with Gasteiger partial charge in [-0.05, 0) is 31.9 Å². The highest BCUT2D eigenvalue weighted by molar-refractivity contribution is 5.33. The fraction of sp³-hybridized carbons (Fsp3) is 0.667. The van der Waals surface area contributed by atoms with E-state index in [0.717, 1.165) is 12.4 Å². The number of anilines is 1. The Hall–Kier alpha value is -1.12. The lowest BCUT2D eigenvalue weighted by Crippen LogP contribution is -2.08. The van der Waals surface area contributed by atoms with Gasteiger partial charge >= 0.3 is 0 Å². The van der Waals surface area contributed by atoms with Gasteiger partial charge in [0.05, 0.1) is 5.69 Å². The summed E-state index contributed by atoms with van der Waals surface area (Å²) in [5, 5.41) is 11.7. The maximum atomic E-state index is 4.31. The Bertz CT molecular complexity index is 288. The Kier molecular flexibility index (Phi) is 3.54. The smallest absolute Gasteiger partial charge is 0.148 e. The summed E-state index contributed by atoms with van der Waals surface area (Å²) >= 11 is 0. The molecule has 1 aliphatic rings. The summed E-state index contributed by atoms with van der Waals surface area (Å²) in [4.78, 5) is 0. The van der Waals surface area contributed by atoms with Crippen LogP contribution in [0, 0.1) is 0 Å². The Morgan fingerprint density at radius 3 is 2.60 bits per heavy atom. The predicted octanol–water partition coefficient (Wildman–Crippen LogP) is 2.96. The van der Waals surface area contributed by atoms with Crippen molar-refractivity contribution in [3.63, 3.8) is 0 Å². The molecule has 0 amide bonds. The molecule has 0 radical (unpaired) electrons. The quantitative estimate of drug-likeness (QED) is 0.824.